The zero-order valence-corrected chi connectivity index (χ0v) is 21.8. The summed E-state index contributed by atoms with van der Waals surface area (Å²) >= 11 is 0. The first kappa shape index (κ1) is 25.2. The second-order valence-electron chi connectivity index (χ2n) is 10.5. The fraction of sp³-hybridized carbons (Fsp3) is 0.355. The van der Waals surface area contributed by atoms with Crippen LogP contribution in [-0.4, -0.2) is 40.9 Å². The number of benzene rings is 3. The van der Waals surface area contributed by atoms with Gasteiger partial charge in [-0.1, -0.05) is 19.1 Å². The Kier molecular flexibility index (Phi) is 6.86. The fourth-order valence-corrected chi connectivity index (χ4v) is 5.37. The number of rotatable bonds is 6. The highest BCUT2D eigenvalue weighted by atomic mass is 19.1. The maximum atomic E-state index is 14.6. The molecule has 3 atom stereocenters. The summed E-state index contributed by atoms with van der Waals surface area (Å²) in [6.45, 7) is 11.0. The van der Waals surface area contributed by atoms with Gasteiger partial charge in [0.15, 0.2) is 11.6 Å². The smallest absolute Gasteiger partial charge is 0.165 e. The van der Waals surface area contributed by atoms with Crippen LogP contribution >= 0.6 is 0 Å². The van der Waals surface area contributed by atoms with Crippen molar-refractivity contribution in [3.05, 3.63) is 82.7 Å². The molecule has 194 valence electrons. The van der Waals surface area contributed by atoms with E-state index in [2.05, 4.69) is 18.7 Å². The Morgan fingerprint density at radius 3 is 2.51 bits per heavy atom. The SMILES string of the molecule is CC1=C(c2cc(C)c(O)c(F)c2)C(c2ccc(OC[C@H](C)N3CC[C@@H](C)C3)cc2)Oc2ccc(O)cc21. The van der Waals surface area contributed by atoms with E-state index in [1.807, 2.05) is 31.2 Å². The first-order valence-corrected chi connectivity index (χ1v) is 12.9. The van der Waals surface area contributed by atoms with Gasteiger partial charge in [-0.2, -0.15) is 0 Å². The fourth-order valence-electron chi connectivity index (χ4n) is 5.37. The number of hydrogen-bond donors (Lipinski definition) is 2. The molecule has 2 heterocycles. The summed E-state index contributed by atoms with van der Waals surface area (Å²) in [7, 11) is 0. The van der Waals surface area contributed by atoms with Gasteiger partial charge in [0.05, 0.1) is 0 Å². The van der Waals surface area contributed by atoms with Crippen molar-refractivity contribution < 1.29 is 24.1 Å². The number of aromatic hydroxyl groups is 2. The van der Waals surface area contributed by atoms with E-state index in [4.69, 9.17) is 9.47 Å². The lowest BCUT2D eigenvalue weighted by molar-refractivity contribution is 0.169. The molecule has 6 heteroatoms. The molecule has 2 N–H and O–H groups in total. The van der Waals surface area contributed by atoms with Gasteiger partial charge in [-0.25, -0.2) is 4.39 Å². The van der Waals surface area contributed by atoms with Crippen LogP contribution in [-0.2, 0) is 0 Å². The third-order valence-corrected chi connectivity index (χ3v) is 7.60. The van der Waals surface area contributed by atoms with Gasteiger partial charge in [-0.05, 0) is 104 Å². The molecule has 5 nitrogen and oxygen atoms in total. The van der Waals surface area contributed by atoms with Crippen molar-refractivity contribution in [2.45, 2.75) is 46.3 Å². The monoisotopic (exact) mass is 503 g/mol. The first-order valence-electron chi connectivity index (χ1n) is 12.9. The van der Waals surface area contributed by atoms with Crippen LogP contribution in [0.5, 0.6) is 23.0 Å². The molecule has 3 aromatic carbocycles. The van der Waals surface area contributed by atoms with Crippen LogP contribution in [0.1, 0.15) is 55.5 Å². The molecule has 3 aromatic rings. The molecular weight excluding hydrogens is 469 g/mol. The van der Waals surface area contributed by atoms with Crippen molar-refractivity contribution >= 4 is 11.1 Å². The minimum Gasteiger partial charge on any atom is -0.508 e. The second-order valence-corrected chi connectivity index (χ2v) is 10.5. The van der Waals surface area contributed by atoms with E-state index in [-0.39, 0.29) is 11.5 Å². The first-order chi connectivity index (χ1) is 17.7. The van der Waals surface area contributed by atoms with Crippen LogP contribution in [0.15, 0.2) is 54.6 Å². The van der Waals surface area contributed by atoms with Gasteiger partial charge in [-0.3, -0.25) is 4.90 Å². The minimum absolute atomic E-state index is 0.131. The molecule has 0 spiro atoms. The van der Waals surface area contributed by atoms with Gasteiger partial charge in [0.1, 0.15) is 30.0 Å². The van der Waals surface area contributed by atoms with Crippen LogP contribution < -0.4 is 9.47 Å². The molecule has 2 aliphatic heterocycles. The van der Waals surface area contributed by atoms with Gasteiger partial charge in [0.2, 0.25) is 0 Å². The van der Waals surface area contributed by atoms with Crippen LogP contribution in [0.4, 0.5) is 4.39 Å². The Morgan fingerprint density at radius 2 is 1.84 bits per heavy atom. The largest absolute Gasteiger partial charge is 0.508 e. The number of halogens is 1. The quantitative estimate of drug-likeness (QED) is 0.391. The molecule has 0 aliphatic carbocycles. The lowest BCUT2D eigenvalue weighted by Gasteiger charge is -2.31. The van der Waals surface area contributed by atoms with Crippen LogP contribution in [0.25, 0.3) is 11.1 Å². The van der Waals surface area contributed by atoms with E-state index < -0.39 is 11.9 Å². The average Bonchev–Trinajstić information content (AvgIpc) is 3.32. The number of fused-ring (bicyclic) bond motifs is 1. The van der Waals surface area contributed by atoms with Crippen molar-refractivity contribution in [2.75, 3.05) is 19.7 Å². The van der Waals surface area contributed by atoms with Gasteiger partial charge in [0, 0.05) is 23.7 Å². The lowest BCUT2D eigenvalue weighted by Crippen LogP contribution is -2.35. The van der Waals surface area contributed by atoms with Crippen molar-refractivity contribution in [1.29, 1.82) is 0 Å². The molecule has 2 aliphatic rings. The molecule has 1 saturated heterocycles. The molecule has 0 bridgehead atoms. The van der Waals surface area contributed by atoms with Crippen LogP contribution in [0, 0.1) is 18.7 Å². The zero-order chi connectivity index (χ0) is 26.3. The number of ether oxygens (including phenoxy) is 2. The summed E-state index contributed by atoms with van der Waals surface area (Å²) < 4.78 is 27.1. The second kappa shape index (κ2) is 10.1. The highest BCUT2D eigenvalue weighted by Crippen LogP contribution is 2.48. The Hall–Kier alpha value is -3.51. The summed E-state index contributed by atoms with van der Waals surface area (Å²) in [6.07, 6.45) is 0.738. The standard InChI is InChI=1S/C31H34FNO4/c1-18-11-12-33(16-18)20(3)17-36-25-8-5-22(6-9-25)31-29(23-13-19(2)30(35)27(32)14-23)21(4)26-15-24(34)7-10-28(26)37-31/h5-10,13-15,18,20,31,34-35H,11-12,16-17H2,1-4H3/t18-,20+,31?/m1/s1. The van der Waals surface area contributed by atoms with Crippen LogP contribution in [0.2, 0.25) is 0 Å². The Labute approximate surface area is 217 Å². The maximum absolute atomic E-state index is 14.6. The third kappa shape index (κ3) is 5.03. The summed E-state index contributed by atoms with van der Waals surface area (Å²) in [4.78, 5) is 2.47. The van der Waals surface area contributed by atoms with Crippen molar-refractivity contribution in [3.8, 4) is 23.0 Å². The number of hydrogen-bond acceptors (Lipinski definition) is 5. The summed E-state index contributed by atoms with van der Waals surface area (Å²) in [5.41, 5.74) is 4.38. The number of phenolic OH excluding ortho intramolecular Hbond substituents is 2. The van der Waals surface area contributed by atoms with Gasteiger partial charge in [0.25, 0.3) is 0 Å². The third-order valence-electron chi connectivity index (χ3n) is 7.60. The van der Waals surface area contributed by atoms with Gasteiger partial charge in [-0.15, -0.1) is 0 Å². The average molecular weight is 504 g/mol. The Morgan fingerprint density at radius 1 is 1.08 bits per heavy atom. The molecule has 0 amide bonds. The Balaban J connectivity index is 1.44. The predicted octanol–water partition coefficient (Wildman–Crippen LogP) is 6.72. The van der Waals surface area contributed by atoms with Gasteiger partial charge < -0.3 is 19.7 Å². The molecule has 37 heavy (non-hydrogen) atoms. The highest BCUT2D eigenvalue weighted by Gasteiger charge is 2.30. The van der Waals surface area contributed by atoms with E-state index in [1.54, 1.807) is 31.2 Å². The number of likely N-dealkylation sites (tertiary alicyclic amines) is 1. The summed E-state index contributed by atoms with van der Waals surface area (Å²) in [5, 5.41) is 20.1. The number of allylic oxidation sites excluding steroid dienone is 1. The molecule has 0 radical (unpaired) electrons. The highest BCUT2D eigenvalue weighted by molar-refractivity contribution is 5.96. The molecule has 0 saturated carbocycles. The molecule has 5 rings (SSSR count). The number of phenols is 2. The van der Waals surface area contributed by atoms with E-state index in [1.165, 1.54) is 12.5 Å². The number of nitrogens with zero attached hydrogens (tertiary/aromatic N) is 1. The number of aryl methyl sites for hydroxylation is 1. The molecule has 1 unspecified atom stereocenters. The maximum Gasteiger partial charge on any atom is 0.165 e. The van der Waals surface area contributed by atoms with Gasteiger partial charge >= 0.3 is 0 Å². The minimum atomic E-state index is -0.680. The van der Waals surface area contributed by atoms with Crippen LogP contribution in [0.3, 0.4) is 0 Å². The lowest BCUT2D eigenvalue weighted by atomic mass is 9.85. The van der Waals surface area contributed by atoms with E-state index in [0.717, 1.165) is 47.0 Å². The summed E-state index contributed by atoms with van der Waals surface area (Å²) in [6, 6.07) is 16.3. The molecule has 1 fully saturated rings. The molecule has 0 aromatic heterocycles. The van der Waals surface area contributed by atoms with Crippen molar-refractivity contribution in [3.63, 3.8) is 0 Å². The van der Waals surface area contributed by atoms with Crippen molar-refractivity contribution in [1.82, 2.24) is 4.90 Å². The topological polar surface area (TPSA) is 62.2 Å². The summed E-state index contributed by atoms with van der Waals surface area (Å²) in [5.74, 6) is 1.27. The normalized spacial score (nSPS) is 20.5. The molecular formula is C31H34FNO4. The Bertz CT molecular complexity index is 1310. The van der Waals surface area contributed by atoms with Crippen molar-refractivity contribution in [2.24, 2.45) is 5.92 Å². The predicted molar refractivity (Wildman–Crippen MR) is 144 cm³/mol. The zero-order valence-electron chi connectivity index (χ0n) is 21.8. The van der Waals surface area contributed by atoms with E-state index >= 15 is 0 Å². The van der Waals surface area contributed by atoms with E-state index in [9.17, 15) is 14.6 Å². The van der Waals surface area contributed by atoms with E-state index in [0.29, 0.717) is 29.5 Å².